The molecule has 2 rings (SSSR count). The van der Waals surface area contributed by atoms with Crippen LogP contribution in [-0.4, -0.2) is 13.7 Å². The summed E-state index contributed by atoms with van der Waals surface area (Å²) in [6.45, 7) is 3.04. The fraction of sp³-hybridized carbons (Fsp3) is 0.250. The number of hydrogen-bond donors (Lipinski definition) is 1. The van der Waals surface area contributed by atoms with Crippen molar-refractivity contribution in [1.29, 1.82) is 0 Å². The Morgan fingerprint density at radius 3 is 2.62 bits per heavy atom. The topological polar surface area (TPSA) is 30.5 Å². The normalized spacial score (nSPS) is 10.3. The van der Waals surface area contributed by atoms with Gasteiger partial charge in [-0.3, -0.25) is 0 Å². The molecule has 2 aromatic rings. The van der Waals surface area contributed by atoms with Crippen LogP contribution in [0.15, 0.2) is 36.4 Å². The second kappa shape index (κ2) is 7.18. The molecule has 0 fully saturated rings. The highest BCUT2D eigenvalue weighted by Crippen LogP contribution is 2.30. The molecule has 0 saturated carbocycles. The van der Waals surface area contributed by atoms with Crippen LogP contribution in [0, 0.1) is 5.82 Å². The molecule has 0 unspecified atom stereocenters. The van der Waals surface area contributed by atoms with Crippen molar-refractivity contribution in [3.8, 4) is 11.5 Å². The minimum absolute atomic E-state index is 0.124. The number of benzene rings is 2. The second-order valence-corrected chi connectivity index (χ2v) is 4.81. The predicted octanol–water partition coefficient (Wildman–Crippen LogP) is 4.50. The molecular weight excluding hydrogens is 293 g/mol. The number of rotatable bonds is 6. The Hall–Kier alpha value is -1.94. The van der Waals surface area contributed by atoms with Gasteiger partial charge < -0.3 is 14.8 Å². The van der Waals surface area contributed by atoms with Crippen LogP contribution in [0.25, 0.3) is 0 Å². The lowest BCUT2D eigenvalue weighted by atomic mass is 10.2. The molecule has 1 N–H and O–H groups in total. The van der Waals surface area contributed by atoms with Crippen LogP contribution in [0.4, 0.5) is 10.1 Å². The standard InChI is InChI=1S/C16H17ClFNO2/c1-3-21-15-7-5-12(9-16(15)20-2)19-10-11-4-6-14(18)13(17)8-11/h4-9,19H,3,10H2,1-2H3. The van der Waals surface area contributed by atoms with E-state index in [2.05, 4.69) is 5.32 Å². The van der Waals surface area contributed by atoms with E-state index in [1.165, 1.54) is 6.07 Å². The Morgan fingerprint density at radius 1 is 1.14 bits per heavy atom. The van der Waals surface area contributed by atoms with E-state index < -0.39 is 5.82 Å². The lowest BCUT2D eigenvalue weighted by Crippen LogP contribution is -2.01. The van der Waals surface area contributed by atoms with Crippen molar-refractivity contribution in [2.75, 3.05) is 19.0 Å². The van der Waals surface area contributed by atoms with Crippen molar-refractivity contribution in [2.24, 2.45) is 0 Å². The lowest BCUT2D eigenvalue weighted by molar-refractivity contribution is 0.311. The van der Waals surface area contributed by atoms with Crippen molar-refractivity contribution in [3.63, 3.8) is 0 Å². The molecule has 0 amide bonds. The van der Waals surface area contributed by atoms with Gasteiger partial charge in [-0.05, 0) is 36.8 Å². The summed E-state index contributed by atoms with van der Waals surface area (Å²) >= 11 is 5.76. The van der Waals surface area contributed by atoms with Crippen LogP contribution >= 0.6 is 11.6 Å². The molecule has 112 valence electrons. The van der Waals surface area contributed by atoms with E-state index in [1.807, 2.05) is 25.1 Å². The average Bonchev–Trinajstić information content (AvgIpc) is 2.49. The molecule has 0 aliphatic heterocycles. The highest BCUT2D eigenvalue weighted by atomic mass is 35.5. The van der Waals surface area contributed by atoms with Crippen LogP contribution in [-0.2, 0) is 6.54 Å². The number of nitrogens with one attached hydrogen (secondary N) is 1. The zero-order valence-electron chi connectivity index (χ0n) is 12.0. The maximum Gasteiger partial charge on any atom is 0.162 e. The third-order valence-corrected chi connectivity index (χ3v) is 3.23. The molecule has 0 atom stereocenters. The Balaban J connectivity index is 2.07. The monoisotopic (exact) mass is 309 g/mol. The largest absolute Gasteiger partial charge is 0.493 e. The first-order valence-electron chi connectivity index (χ1n) is 6.62. The molecule has 0 aromatic heterocycles. The maximum absolute atomic E-state index is 13.1. The van der Waals surface area contributed by atoms with Gasteiger partial charge in [0, 0.05) is 18.3 Å². The Kier molecular flexibility index (Phi) is 5.28. The smallest absolute Gasteiger partial charge is 0.162 e. The molecule has 3 nitrogen and oxygen atoms in total. The molecule has 5 heteroatoms. The first kappa shape index (κ1) is 15.4. The molecule has 0 radical (unpaired) electrons. The van der Waals surface area contributed by atoms with Gasteiger partial charge in [-0.15, -0.1) is 0 Å². The van der Waals surface area contributed by atoms with Crippen molar-refractivity contribution in [3.05, 3.63) is 52.8 Å². The van der Waals surface area contributed by atoms with Gasteiger partial charge in [0.15, 0.2) is 11.5 Å². The van der Waals surface area contributed by atoms with Crippen LogP contribution in [0.5, 0.6) is 11.5 Å². The van der Waals surface area contributed by atoms with Gasteiger partial charge in [-0.1, -0.05) is 17.7 Å². The Labute approximate surface area is 128 Å². The van der Waals surface area contributed by atoms with E-state index in [0.717, 1.165) is 11.3 Å². The Bertz CT molecular complexity index is 619. The van der Waals surface area contributed by atoms with Gasteiger partial charge in [0.05, 0.1) is 18.7 Å². The summed E-state index contributed by atoms with van der Waals surface area (Å²) in [6, 6.07) is 10.3. The van der Waals surface area contributed by atoms with Crippen LogP contribution in [0.1, 0.15) is 12.5 Å². The molecule has 0 aliphatic rings. The van der Waals surface area contributed by atoms with Crippen LogP contribution in [0.2, 0.25) is 5.02 Å². The molecule has 21 heavy (non-hydrogen) atoms. The zero-order valence-corrected chi connectivity index (χ0v) is 12.7. The molecular formula is C16H17ClFNO2. The van der Waals surface area contributed by atoms with E-state index in [9.17, 15) is 4.39 Å². The van der Waals surface area contributed by atoms with Crippen LogP contribution in [0.3, 0.4) is 0 Å². The third kappa shape index (κ3) is 4.02. The maximum atomic E-state index is 13.1. The predicted molar refractivity (Wildman–Crippen MR) is 82.9 cm³/mol. The van der Waals surface area contributed by atoms with Gasteiger partial charge in [0.2, 0.25) is 0 Å². The second-order valence-electron chi connectivity index (χ2n) is 4.40. The van der Waals surface area contributed by atoms with E-state index in [-0.39, 0.29) is 5.02 Å². The zero-order chi connectivity index (χ0) is 15.2. The summed E-state index contributed by atoms with van der Waals surface area (Å²) < 4.78 is 23.8. The summed E-state index contributed by atoms with van der Waals surface area (Å²) in [5, 5.41) is 3.36. The highest BCUT2D eigenvalue weighted by molar-refractivity contribution is 6.30. The Morgan fingerprint density at radius 2 is 1.95 bits per heavy atom. The van der Waals surface area contributed by atoms with E-state index in [4.69, 9.17) is 21.1 Å². The van der Waals surface area contributed by atoms with Crippen molar-refractivity contribution >= 4 is 17.3 Å². The molecule has 0 heterocycles. The minimum Gasteiger partial charge on any atom is -0.493 e. The molecule has 0 bridgehead atoms. The molecule has 0 aliphatic carbocycles. The van der Waals surface area contributed by atoms with Crippen molar-refractivity contribution in [2.45, 2.75) is 13.5 Å². The van der Waals surface area contributed by atoms with E-state index in [1.54, 1.807) is 19.2 Å². The molecule has 0 saturated heterocycles. The van der Waals surface area contributed by atoms with Crippen molar-refractivity contribution in [1.82, 2.24) is 0 Å². The number of methoxy groups -OCH3 is 1. The first-order chi connectivity index (χ1) is 10.1. The minimum atomic E-state index is -0.414. The summed E-state index contributed by atoms with van der Waals surface area (Å²) in [6.07, 6.45) is 0. The SMILES string of the molecule is CCOc1ccc(NCc2ccc(F)c(Cl)c2)cc1OC. The average molecular weight is 310 g/mol. The van der Waals surface area contributed by atoms with E-state index >= 15 is 0 Å². The van der Waals surface area contributed by atoms with Crippen LogP contribution < -0.4 is 14.8 Å². The van der Waals surface area contributed by atoms with E-state index in [0.29, 0.717) is 24.7 Å². The number of anilines is 1. The molecule has 2 aromatic carbocycles. The van der Waals surface area contributed by atoms with Gasteiger partial charge in [0.1, 0.15) is 5.82 Å². The lowest BCUT2D eigenvalue weighted by Gasteiger charge is -2.12. The fourth-order valence-corrected chi connectivity index (χ4v) is 2.11. The number of hydrogen-bond acceptors (Lipinski definition) is 3. The first-order valence-corrected chi connectivity index (χ1v) is 7.00. The quantitative estimate of drug-likeness (QED) is 0.852. The van der Waals surface area contributed by atoms with Gasteiger partial charge in [-0.2, -0.15) is 0 Å². The summed E-state index contributed by atoms with van der Waals surface area (Å²) in [5.41, 5.74) is 1.78. The number of ether oxygens (including phenoxy) is 2. The van der Waals surface area contributed by atoms with Crippen molar-refractivity contribution < 1.29 is 13.9 Å². The summed E-state index contributed by atoms with van der Waals surface area (Å²) in [4.78, 5) is 0. The summed E-state index contributed by atoms with van der Waals surface area (Å²) in [5.74, 6) is 0.956. The van der Waals surface area contributed by atoms with Gasteiger partial charge in [-0.25, -0.2) is 4.39 Å². The third-order valence-electron chi connectivity index (χ3n) is 2.94. The highest BCUT2D eigenvalue weighted by Gasteiger charge is 2.06. The summed E-state index contributed by atoms with van der Waals surface area (Å²) in [7, 11) is 1.60. The van der Waals surface area contributed by atoms with Gasteiger partial charge >= 0.3 is 0 Å². The molecule has 0 spiro atoms. The fourth-order valence-electron chi connectivity index (χ4n) is 1.91. The van der Waals surface area contributed by atoms with Gasteiger partial charge in [0.25, 0.3) is 0 Å². The number of halogens is 2.